The summed E-state index contributed by atoms with van der Waals surface area (Å²) in [6.45, 7) is 0. The summed E-state index contributed by atoms with van der Waals surface area (Å²) in [5, 5.41) is 21.5. The zero-order valence-corrected chi connectivity index (χ0v) is 34.4. The molecule has 0 N–H and O–H groups in total. The third kappa shape index (κ3) is 4.53. The predicted octanol–water partition coefficient (Wildman–Crippen LogP) is 18.0. The lowest BCUT2D eigenvalue weighted by molar-refractivity contribution is 0.672. The van der Waals surface area contributed by atoms with Crippen molar-refractivity contribution < 1.29 is 8.83 Å². The number of fused-ring (bicyclic) bond motifs is 12. The Balaban J connectivity index is 1.16. The van der Waals surface area contributed by atoms with Gasteiger partial charge in [0.15, 0.2) is 0 Å². The molecule has 0 aliphatic heterocycles. The third-order valence-corrected chi connectivity index (χ3v) is 14.1. The summed E-state index contributed by atoms with van der Waals surface area (Å²) in [6, 6.07) is 75.8. The topological polar surface area (TPSA) is 26.3 Å². The monoisotopic (exact) mass is 810 g/mol. The molecule has 294 valence electrons. The zero-order valence-electron chi connectivity index (χ0n) is 34.4. The van der Waals surface area contributed by atoms with E-state index in [0.717, 1.165) is 76.5 Å². The average molecular weight is 811 g/mol. The number of benzene rings is 13. The van der Waals surface area contributed by atoms with Crippen LogP contribution in [0, 0.1) is 0 Å². The van der Waals surface area contributed by atoms with Crippen molar-refractivity contribution in [1.82, 2.24) is 0 Å². The molecular weight excluding hydrogens is 777 g/mol. The molecule has 2 heterocycles. The molecule has 0 saturated carbocycles. The largest absolute Gasteiger partial charge is 0.455 e. The summed E-state index contributed by atoms with van der Waals surface area (Å²) in [5.74, 6) is 0. The molecule has 13 aromatic carbocycles. The summed E-state index contributed by atoms with van der Waals surface area (Å²) in [5.41, 5.74) is 10.8. The van der Waals surface area contributed by atoms with E-state index in [9.17, 15) is 0 Å². The van der Waals surface area contributed by atoms with E-state index >= 15 is 0 Å². The molecule has 0 aliphatic rings. The van der Waals surface area contributed by atoms with Crippen LogP contribution in [-0.2, 0) is 0 Å². The Morgan fingerprint density at radius 2 is 0.641 bits per heavy atom. The van der Waals surface area contributed by atoms with E-state index in [2.05, 4.69) is 206 Å². The summed E-state index contributed by atoms with van der Waals surface area (Å²) in [6.07, 6.45) is 0. The first-order chi connectivity index (χ1) is 31.7. The lowest BCUT2D eigenvalue weighted by Crippen LogP contribution is -1.93. The molecular formula is C62H34O2. The van der Waals surface area contributed by atoms with Crippen molar-refractivity contribution in [3.8, 4) is 33.4 Å². The Hall–Kier alpha value is -8.46. The van der Waals surface area contributed by atoms with Crippen LogP contribution < -0.4 is 0 Å². The molecule has 0 fully saturated rings. The highest BCUT2D eigenvalue weighted by molar-refractivity contribution is 6.32. The summed E-state index contributed by atoms with van der Waals surface area (Å²) >= 11 is 0. The number of para-hydroxylation sites is 2. The minimum Gasteiger partial charge on any atom is -0.455 e. The molecule has 0 amide bonds. The maximum Gasteiger partial charge on any atom is 0.143 e. The van der Waals surface area contributed by atoms with E-state index in [4.69, 9.17) is 8.83 Å². The maximum absolute atomic E-state index is 6.78. The van der Waals surface area contributed by atoms with E-state index in [0.29, 0.717) is 0 Å². The van der Waals surface area contributed by atoms with Crippen LogP contribution in [0.4, 0.5) is 0 Å². The van der Waals surface area contributed by atoms with Crippen molar-refractivity contribution in [3.63, 3.8) is 0 Å². The smallest absolute Gasteiger partial charge is 0.143 e. The van der Waals surface area contributed by atoms with Gasteiger partial charge in [0.2, 0.25) is 0 Å². The minimum absolute atomic E-state index is 0.893. The van der Waals surface area contributed by atoms with Gasteiger partial charge in [-0.1, -0.05) is 170 Å². The molecule has 2 nitrogen and oxygen atoms in total. The van der Waals surface area contributed by atoms with Gasteiger partial charge in [-0.15, -0.1) is 0 Å². The fraction of sp³-hybridized carbons (Fsp3) is 0. The van der Waals surface area contributed by atoms with Crippen LogP contribution in [0.2, 0.25) is 0 Å². The molecule has 15 aromatic rings. The summed E-state index contributed by atoms with van der Waals surface area (Å²) in [7, 11) is 0. The van der Waals surface area contributed by atoms with Crippen molar-refractivity contribution in [2.75, 3.05) is 0 Å². The SMILES string of the molecule is c1ccc2c(c1)cc(-c1cccc3c(-c4cc5cccc6ccc7cccc4c7c65)c4cccc(-c5cc6ccccc6c6oc7ccccc7c56)c4cc13)c1c3ccccc3oc21. The molecule has 0 aliphatic carbocycles. The van der Waals surface area contributed by atoms with Crippen LogP contribution in [0.1, 0.15) is 0 Å². The van der Waals surface area contributed by atoms with Crippen molar-refractivity contribution in [1.29, 1.82) is 0 Å². The van der Waals surface area contributed by atoms with Gasteiger partial charge in [0.1, 0.15) is 22.3 Å². The second kappa shape index (κ2) is 12.6. The predicted molar refractivity (Wildman–Crippen MR) is 271 cm³/mol. The Kier molecular flexibility index (Phi) is 6.71. The van der Waals surface area contributed by atoms with E-state index in [-0.39, 0.29) is 0 Å². The van der Waals surface area contributed by atoms with Gasteiger partial charge in [-0.25, -0.2) is 0 Å². The van der Waals surface area contributed by atoms with Crippen LogP contribution in [0.25, 0.3) is 153 Å². The van der Waals surface area contributed by atoms with Gasteiger partial charge < -0.3 is 8.83 Å². The number of furan rings is 2. The molecule has 0 radical (unpaired) electrons. The quantitative estimate of drug-likeness (QED) is 0.131. The zero-order chi connectivity index (χ0) is 41.6. The van der Waals surface area contributed by atoms with Gasteiger partial charge in [0.05, 0.1) is 0 Å². The highest BCUT2D eigenvalue weighted by atomic mass is 16.3. The molecule has 15 rings (SSSR count). The third-order valence-electron chi connectivity index (χ3n) is 14.1. The molecule has 64 heavy (non-hydrogen) atoms. The maximum atomic E-state index is 6.78. The normalized spacial score (nSPS) is 12.4. The van der Waals surface area contributed by atoms with Crippen LogP contribution in [0.5, 0.6) is 0 Å². The van der Waals surface area contributed by atoms with Gasteiger partial charge in [-0.2, -0.15) is 0 Å². The molecule has 2 heteroatoms. The Labute approximate surface area is 366 Å². The minimum atomic E-state index is 0.893. The summed E-state index contributed by atoms with van der Waals surface area (Å²) < 4.78 is 13.6. The van der Waals surface area contributed by atoms with Crippen LogP contribution in [-0.4, -0.2) is 0 Å². The number of hydrogen-bond acceptors (Lipinski definition) is 2. The van der Waals surface area contributed by atoms with E-state index in [1.807, 2.05) is 0 Å². The lowest BCUT2D eigenvalue weighted by atomic mass is 9.82. The molecule has 0 bridgehead atoms. The lowest BCUT2D eigenvalue weighted by Gasteiger charge is -2.21. The first kappa shape index (κ1) is 34.2. The van der Waals surface area contributed by atoms with E-state index in [1.165, 1.54) is 76.1 Å². The van der Waals surface area contributed by atoms with Crippen LogP contribution >= 0.6 is 0 Å². The molecule has 2 aromatic heterocycles. The molecule has 0 spiro atoms. The van der Waals surface area contributed by atoms with Crippen molar-refractivity contribution in [3.05, 3.63) is 206 Å². The second-order valence-corrected chi connectivity index (χ2v) is 17.4. The van der Waals surface area contributed by atoms with Crippen molar-refractivity contribution in [2.45, 2.75) is 0 Å². The van der Waals surface area contributed by atoms with E-state index in [1.54, 1.807) is 0 Å². The Morgan fingerprint density at radius 3 is 1.23 bits per heavy atom. The van der Waals surface area contributed by atoms with Gasteiger partial charge >= 0.3 is 0 Å². The summed E-state index contributed by atoms with van der Waals surface area (Å²) in [4.78, 5) is 0. The fourth-order valence-electron chi connectivity index (χ4n) is 11.4. The first-order valence-corrected chi connectivity index (χ1v) is 22.1. The van der Waals surface area contributed by atoms with Crippen LogP contribution in [0.3, 0.4) is 0 Å². The first-order valence-electron chi connectivity index (χ1n) is 22.1. The average Bonchev–Trinajstić information content (AvgIpc) is 3.94. The number of hydrogen-bond donors (Lipinski definition) is 0. The van der Waals surface area contributed by atoms with Crippen molar-refractivity contribution >= 4 is 119 Å². The Bertz CT molecular complexity index is 4270. The van der Waals surface area contributed by atoms with Crippen molar-refractivity contribution in [2.24, 2.45) is 0 Å². The second-order valence-electron chi connectivity index (χ2n) is 17.4. The number of rotatable bonds is 3. The van der Waals surface area contributed by atoms with E-state index < -0.39 is 0 Å². The Morgan fingerprint density at radius 1 is 0.219 bits per heavy atom. The van der Waals surface area contributed by atoms with Gasteiger partial charge in [-0.05, 0) is 134 Å². The van der Waals surface area contributed by atoms with Gasteiger partial charge in [-0.3, -0.25) is 0 Å². The highest BCUT2D eigenvalue weighted by Crippen LogP contribution is 2.51. The van der Waals surface area contributed by atoms with Gasteiger partial charge in [0, 0.05) is 32.3 Å². The fourth-order valence-corrected chi connectivity index (χ4v) is 11.4. The molecule has 0 saturated heterocycles. The molecule has 0 atom stereocenters. The van der Waals surface area contributed by atoms with Gasteiger partial charge in [0.25, 0.3) is 0 Å². The molecule has 0 unspecified atom stereocenters. The standard InChI is InChI=1S/C62H34O2/c1-3-18-40-37(13-1)31-51(59-47-20-5-7-27-54(47)63-61(40)59)42-22-11-25-44-49(42)34-50-43(52-32-38-14-2-4-19-41(38)62-60(52)48-21-6-8-28-55(48)64-62)23-12-26-45(50)58(44)53-33-39-17-9-15-35-29-30-36-16-10-24-46(53)57(36)56(35)39/h1-34H. The highest BCUT2D eigenvalue weighted by Gasteiger charge is 2.24. The van der Waals surface area contributed by atoms with Crippen LogP contribution in [0.15, 0.2) is 215 Å².